The van der Waals surface area contributed by atoms with Crippen LogP contribution in [0.15, 0.2) is 72.2 Å². The molecule has 0 saturated heterocycles. The summed E-state index contributed by atoms with van der Waals surface area (Å²) in [6, 6.07) is 16.2. The van der Waals surface area contributed by atoms with Crippen molar-refractivity contribution >= 4 is 23.5 Å². The number of anilines is 2. The summed E-state index contributed by atoms with van der Waals surface area (Å²) in [4.78, 5) is 32.1. The molecular weight excluding hydrogens is 434 g/mol. The van der Waals surface area contributed by atoms with E-state index < -0.39 is 12.0 Å². The fourth-order valence-electron chi connectivity index (χ4n) is 3.98. The largest absolute Gasteiger partial charge is 0.494 e. The number of nitrogens with zero attached hydrogens (tertiary/aromatic N) is 4. The Labute approximate surface area is 198 Å². The zero-order chi connectivity index (χ0) is 24.1. The molecule has 9 heteroatoms. The van der Waals surface area contributed by atoms with Crippen LogP contribution in [0.4, 0.5) is 11.6 Å². The topological polar surface area (TPSA) is 98.6 Å². The number of carbonyl (C=O) groups excluding carboxylic acids is 2. The Morgan fingerprint density at radius 3 is 2.44 bits per heavy atom. The van der Waals surface area contributed by atoms with Gasteiger partial charge in [-0.15, -0.1) is 0 Å². The maximum atomic E-state index is 13.1. The highest BCUT2D eigenvalue weighted by atomic mass is 16.5. The molecule has 1 aliphatic heterocycles. The minimum absolute atomic E-state index is 0.0534. The number of amides is 1. The molecule has 0 radical (unpaired) electrons. The van der Waals surface area contributed by atoms with Gasteiger partial charge < -0.3 is 19.7 Å². The highest BCUT2D eigenvalue weighted by Gasteiger charge is 2.38. The Hall–Kier alpha value is -4.14. The predicted octanol–water partition coefficient (Wildman–Crippen LogP) is 3.56. The Kier molecular flexibility index (Phi) is 6.91. The molecule has 1 aromatic heterocycles. The van der Waals surface area contributed by atoms with Crippen LogP contribution in [-0.2, 0) is 14.3 Å². The van der Waals surface area contributed by atoms with Crippen molar-refractivity contribution in [3.05, 3.63) is 77.8 Å². The molecule has 1 N–H and O–H groups in total. The van der Waals surface area contributed by atoms with E-state index in [9.17, 15) is 9.59 Å². The average molecular weight is 462 g/mol. The summed E-state index contributed by atoms with van der Waals surface area (Å²) in [6.07, 6.45) is 1.42. The van der Waals surface area contributed by atoms with Gasteiger partial charge in [0.1, 0.15) is 24.7 Å². The molecule has 2 heterocycles. The monoisotopic (exact) mass is 461 g/mol. The van der Waals surface area contributed by atoms with Gasteiger partial charge in [0.05, 0.1) is 18.8 Å². The summed E-state index contributed by atoms with van der Waals surface area (Å²) in [7, 11) is 0. The molecule has 9 nitrogen and oxygen atoms in total. The summed E-state index contributed by atoms with van der Waals surface area (Å²) in [6.45, 7) is 6.22. The van der Waals surface area contributed by atoms with Gasteiger partial charge in [0.25, 0.3) is 0 Å². The molecule has 3 aromatic rings. The Balaban J connectivity index is 1.65. The summed E-state index contributed by atoms with van der Waals surface area (Å²) in [5, 5.41) is 7.27. The van der Waals surface area contributed by atoms with Crippen LogP contribution in [0, 0.1) is 0 Å². The number of esters is 1. The molecular formula is C25H27N5O4. The predicted molar refractivity (Wildman–Crippen MR) is 128 cm³/mol. The van der Waals surface area contributed by atoms with E-state index in [1.54, 1.807) is 47.7 Å². The van der Waals surface area contributed by atoms with Crippen molar-refractivity contribution < 1.29 is 19.1 Å². The summed E-state index contributed by atoms with van der Waals surface area (Å²) in [5.74, 6) is 0.488. The number of hydrogen-bond acceptors (Lipinski definition) is 7. The molecule has 0 saturated carbocycles. The first-order chi connectivity index (χ1) is 16.5. The maximum absolute atomic E-state index is 13.1. The van der Waals surface area contributed by atoms with Crippen molar-refractivity contribution in [3.8, 4) is 5.75 Å². The van der Waals surface area contributed by atoms with Gasteiger partial charge in [-0.25, -0.2) is 9.48 Å². The molecule has 0 bridgehead atoms. The van der Waals surface area contributed by atoms with Crippen molar-refractivity contribution in [1.82, 2.24) is 14.8 Å². The van der Waals surface area contributed by atoms with E-state index >= 15 is 0 Å². The number of allylic oxidation sites excluding steroid dienone is 1. The van der Waals surface area contributed by atoms with E-state index in [2.05, 4.69) is 15.4 Å². The molecule has 1 amide bonds. The molecule has 1 atom stereocenters. The van der Waals surface area contributed by atoms with Crippen LogP contribution in [0.5, 0.6) is 5.75 Å². The number of benzene rings is 2. The lowest BCUT2D eigenvalue weighted by molar-refractivity contribution is -0.139. The summed E-state index contributed by atoms with van der Waals surface area (Å²) < 4.78 is 12.5. The number of fused-ring (bicyclic) bond motifs is 1. The second-order valence-electron chi connectivity index (χ2n) is 7.63. The summed E-state index contributed by atoms with van der Waals surface area (Å²) >= 11 is 0. The molecule has 2 aromatic carbocycles. The molecule has 1 aliphatic rings. The van der Waals surface area contributed by atoms with Crippen LogP contribution in [0.25, 0.3) is 0 Å². The van der Waals surface area contributed by atoms with Gasteiger partial charge >= 0.3 is 5.97 Å². The quantitative estimate of drug-likeness (QED) is 0.512. The maximum Gasteiger partial charge on any atom is 0.338 e. The van der Waals surface area contributed by atoms with Crippen molar-refractivity contribution in [2.75, 3.05) is 30.0 Å². The fraction of sp³-hybridized carbons (Fsp3) is 0.280. The van der Waals surface area contributed by atoms with Gasteiger partial charge in [-0.3, -0.25) is 4.79 Å². The van der Waals surface area contributed by atoms with Gasteiger partial charge in [0.2, 0.25) is 11.9 Å². The first-order valence-corrected chi connectivity index (χ1v) is 11.2. The van der Waals surface area contributed by atoms with Crippen LogP contribution in [0.2, 0.25) is 0 Å². The van der Waals surface area contributed by atoms with E-state index in [-0.39, 0.29) is 19.1 Å². The third kappa shape index (κ3) is 4.63. The smallest absolute Gasteiger partial charge is 0.338 e. The normalized spacial score (nSPS) is 15.0. The number of carbonyl (C=O) groups is 2. The van der Waals surface area contributed by atoms with E-state index in [1.807, 2.05) is 37.3 Å². The van der Waals surface area contributed by atoms with Crippen LogP contribution < -0.4 is 15.0 Å². The van der Waals surface area contributed by atoms with E-state index in [0.717, 1.165) is 11.3 Å². The average Bonchev–Trinajstić information content (AvgIpc) is 3.32. The number of nitrogens with one attached hydrogen (secondary N) is 1. The standard InChI is InChI=1S/C25H27N5O4/c1-4-33-20-13-11-19(12-14-20)28-21(31)15-29-17(3)22(24(32)34-5-2)23(18-9-7-6-8-10-18)30-25(29)26-16-27-30/h6-14,16,23H,4-5,15H2,1-3H3,(H,28,31)/t23-/m1/s1. The summed E-state index contributed by atoms with van der Waals surface area (Å²) in [5.41, 5.74) is 2.52. The van der Waals surface area contributed by atoms with Crippen LogP contribution in [0.3, 0.4) is 0 Å². The van der Waals surface area contributed by atoms with Crippen LogP contribution in [-0.4, -0.2) is 46.4 Å². The number of hydrogen-bond donors (Lipinski definition) is 1. The first kappa shape index (κ1) is 23.0. The number of aromatic nitrogens is 3. The molecule has 0 unspecified atom stereocenters. The van der Waals surface area contributed by atoms with Gasteiger partial charge in [-0.05, 0) is 50.6 Å². The van der Waals surface area contributed by atoms with Gasteiger partial charge in [-0.2, -0.15) is 10.1 Å². The van der Waals surface area contributed by atoms with Gasteiger partial charge in [0.15, 0.2) is 0 Å². The van der Waals surface area contributed by atoms with Crippen molar-refractivity contribution in [2.45, 2.75) is 26.8 Å². The SMILES string of the molecule is CCOC(=O)C1=C(C)N(CC(=O)Nc2ccc(OCC)cc2)c2ncnn2[C@@H]1c1ccccc1. The molecule has 176 valence electrons. The zero-order valence-corrected chi connectivity index (χ0v) is 19.4. The molecule has 4 rings (SSSR count). The molecule has 0 aliphatic carbocycles. The van der Waals surface area contributed by atoms with Crippen molar-refractivity contribution in [1.29, 1.82) is 0 Å². The number of rotatable bonds is 8. The van der Waals surface area contributed by atoms with E-state index in [0.29, 0.717) is 29.5 Å². The van der Waals surface area contributed by atoms with Gasteiger partial charge in [-0.1, -0.05) is 30.3 Å². The Morgan fingerprint density at radius 1 is 1.03 bits per heavy atom. The van der Waals surface area contributed by atoms with Crippen LogP contribution in [0.1, 0.15) is 32.4 Å². The highest BCUT2D eigenvalue weighted by molar-refractivity contribution is 5.96. The Morgan fingerprint density at radius 2 is 1.76 bits per heavy atom. The number of ether oxygens (including phenoxy) is 2. The van der Waals surface area contributed by atoms with E-state index in [1.165, 1.54) is 6.33 Å². The first-order valence-electron chi connectivity index (χ1n) is 11.2. The molecule has 0 spiro atoms. The lowest BCUT2D eigenvalue weighted by Gasteiger charge is -2.35. The highest BCUT2D eigenvalue weighted by Crippen LogP contribution is 2.38. The second-order valence-corrected chi connectivity index (χ2v) is 7.63. The molecule has 0 fully saturated rings. The third-order valence-corrected chi connectivity index (χ3v) is 5.47. The minimum Gasteiger partial charge on any atom is -0.494 e. The molecule has 34 heavy (non-hydrogen) atoms. The zero-order valence-electron chi connectivity index (χ0n) is 19.4. The second kappa shape index (κ2) is 10.2. The van der Waals surface area contributed by atoms with Crippen molar-refractivity contribution in [3.63, 3.8) is 0 Å². The van der Waals surface area contributed by atoms with E-state index in [4.69, 9.17) is 9.47 Å². The van der Waals surface area contributed by atoms with Gasteiger partial charge in [0, 0.05) is 11.4 Å². The fourth-order valence-corrected chi connectivity index (χ4v) is 3.98. The lowest BCUT2D eigenvalue weighted by Crippen LogP contribution is -2.40. The lowest BCUT2D eigenvalue weighted by atomic mass is 9.95. The minimum atomic E-state index is -0.511. The van der Waals surface area contributed by atoms with Crippen molar-refractivity contribution in [2.24, 2.45) is 0 Å². The third-order valence-electron chi connectivity index (χ3n) is 5.47. The Bertz CT molecular complexity index is 1190. The van der Waals surface area contributed by atoms with Crippen LogP contribution >= 0.6 is 0 Å².